The molecule has 0 unspecified atom stereocenters. The van der Waals surface area contributed by atoms with Crippen LogP contribution in [0.15, 0.2) is 53.9 Å². The van der Waals surface area contributed by atoms with Gasteiger partial charge in [0, 0.05) is 43.1 Å². The van der Waals surface area contributed by atoms with Gasteiger partial charge in [0.2, 0.25) is 5.91 Å². The Morgan fingerprint density at radius 3 is 2.70 bits per heavy atom. The molecule has 194 valence electrons. The summed E-state index contributed by atoms with van der Waals surface area (Å²) in [6.45, 7) is -3.46. The van der Waals surface area contributed by atoms with Crippen molar-refractivity contribution in [3.05, 3.63) is 54.6 Å². The summed E-state index contributed by atoms with van der Waals surface area (Å²) in [6, 6.07) is 5.13. The molecule has 0 fully saturated rings. The van der Waals surface area contributed by atoms with Gasteiger partial charge in [0.05, 0.1) is 11.9 Å². The van der Waals surface area contributed by atoms with Crippen LogP contribution in [0.1, 0.15) is 10.4 Å². The third-order valence-electron chi connectivity index (χ3n) is 4.98. The molecule has 0 bridgehead atoms. The molecule has 0 aliphatic carbocycles. The Kier molecular flexibility index (Phi) is 7.61. The molecule has 0 radical (unpaired) electrons. The summed E-state index contributed by atoms with van der Waals surface area (Å²) < 4.78 is 59.4. The number of carbonyl (C=O) groups is 2. The number of thioether (sulfide) groups is 1. The first-order valence-corrected chi connectivity index (χ1v) is 11.4. The van der Waals surface area contributed by atoms with Crippen molar-refractivity contribution in [1.29, 1.82) is 0 Å². The second-order valence-electron chi connectivity index (χ2n) is 7.69. The zero-order valence-electron chi connectivity index (χ0n) is 19.3. The van der Waals surface area contributed by atoms with E-state index in [0.29, 0.717) is 0 Å². The van der Waals surface area contributed by atoms with Crippen LogP contribution in [-0.4, -0.2) is 67.6 Å². The number of aromatic nitrogens is 5. The van der Waals surface area contributed by atoms with Crippen LogP contribution in [0.3, 0.4) is 0 Å². The molecule has 4 rings (SSSR count). The van der Waals surface area contributed by atoms with Gasteiger partial charge in [0.15, 0.2) is 5.65 Å². The first-order valence-electron chi connectivity index (χ1n) is 10.5. The third kappa shape index (κ3) is 5.99. The van der Waals surface area contributed by atoms with Gasteiger partial charge in [0.1, 0.15) is 23.6 Å². The van der Waals surface area contributed by atoms with Gasteiger partial charge in [-0.3, -0.25) is 14.3 Å². The molecule has 10 nitrogen and oxygen atoms in total. The average molecular weight is 537 g/mol. The molecule has 0 aliphatic rings. The maximum atomic E-state index is 13.1. The van der Waals surface area contributed by atoms with Crippen LogP contribution in [0.2, 0.25) is 0 Å². The lowest BCUT2D eigenvalue weighted by atomic mass is 10.1. The number of amides is 2. The number of hydrogen-bond acceptors (Lipinski definition) is 7. The van der Waals surface area contributed by atoms with Crippen molar-refractivity contribution >= 4 is 34.9 Å². The van der Waals surface area contributed by atoms with E-state index in [1.165, 1.54) is 58.9 Å². The molecule has 2 amide bonds. The fourth-order valence-electron chi connectivity index (χ4n) is 3.32. The number of anilines is 1. The number of nitrogens with zero attached hydrogens (tertiary/aromatic N) is 6. The second-order valence-corrected chi connectivity index (χ2v) is 8.76. The summed E-state index contributed by atoms with van der Waals surface area (Å²) in [4.78, 5) is 30.9. The molecule has 3 heterocycles. The first kappa shape index (κ1) is 25.9. The molecule has 4 aromatic rings. The maximum absolute atomic E-state index is 13.1. The minimum atomic E-state index is -3.22. The van der Waals surface area contributed by atoms with Gasteiger partial charge >= 0.3 is 6.61 Å². The first-order chi connectivity index (χ1) is 17.6. The fraction of sp³-hybridized carbons (Fsp3) is 0.227. The SMILES string of the molecule is CN(C)C(=O)Cn1cc(NC(=O)c2cnn3cccnc23)c(-c2cc(SC(F)F)ccc2OC(F)F)n1. The predicted octanol–water partition coefficient (Wildman–Crippen LogP) is 3.85. The summed E-state index contributed by atoms with van der Waals surface area (Å²) in [5.74, 6) is -4.12. The van der Waals surface area contributed by atoms with Gasteiger partial charge in [-0.2, -0.15) is 27.8 Å². The zero-order chi connectivity index (χ0) is 26.7. The molecule has 0 atom stereocenters. The Labute approximate surface area is 211 Å². The summed E-state index contributed by atoms with van der Waals surface area (Å²) in [7, 11) is 3.07. The molecule has 1 N–H and O–H groups in total. The molecular weight excluding hydrogens is 518 g/mol. The number of carbonyl (C=O) groups excluding carboxylic acids is 2. The van der Waals surface area contributed by atoms with Crippen molar-refractivity contribution < 1.29 is 31.9 Å². The summed E-state index contributed by atoms with van der Waals surface area (Å²) in [5, 5.41) is 11.0. The van der Waals surface area contributed by atoms with E-state index in [9.17, 15) is 27.2 Å². The number of ether oxygens (including phenoxy) is 1. The van der Waals surface area contributed by atoms with Crippen molar-refractivity contribution in [2.24, 2.45) is 0 Å². The average Bonchev–Trinajstić information content (AvgIpc) is 3.43. The highest BCUT2D eigenvalue weighted by Gasteiger charge is 2.23. The molecule has 37 heavy (non-hydrogen) atoms. The Morgan fingerprint density at radius 2 is 2.00 bits per heavy atom. The van der Waals surface area contributed by atoms with Gasteiger partial charge in [-0.1, -0.05) is 11.8 Å². The van der Waals surface area contributed by atoms with Crippen LogP contribution in [0.5, 0.6) is 5.75 Å². The third-order valence-corrected chi connectivity index (χ3v) is 5.68. The number of hydrogen-bond donors (Lipinski definition) is 1. The standard InChI is InChI=1S/C22H19F4N7O3S/c1-31(2)17(34)11-32-10-15(29-20(35)14-9-28-33-7-3-6-27-19(14)33)18(30-32)13-8-12(37-22(25)26)4-5-16(13)36-21(23)24/h3-10,21-22H,11H2,1-2H3,(H,29,35). The van der Waals surface area contributed by atoms with Crippen LogP contribution < -0.4 is 10.1 Å². The number of benzene rings is 1. The fourth-order valence-corrected chi connectivity index (χ4v) is 3.86. The quantitative estimate of drug-likeness (QED) is 0.255. The van der Waals surface area contributed by atoms with Gasteiger partial charge in [-0.25, -0.2) is 9.50 Å². The molecule has 15 heteroatoms. The van der Waals surface area contributed by atoms with E-state index in [4.69, 9.17) is 0 Å². The van der Waals surface area contributed by atoms with Gasteiger partial charge in [-0.15, -0.1) is 0 Å². The smallest absolute Gasteiger partial charge is 0.387 e. The highest BCUT2D eigenvalue weighted by Crippen LogP contribution is 2.39. The molecule has 0 spiro atoms. The van der Waals surface area contributed by atoms with E-state index < -0.39 is 18.3 Å². The van der Waals surface area contributed by atoms with E-state index in [0.717, 1.165) is 6.07 Å². The van der Waals surface area contributed by atoms with Crippen LogP contribution >= 0.6 is 11.8 Å². The topological polar surface area (TPSA) is 107 Å². The Bertz CT molecular complexity index is 1440. The van der Waals surface area contributed by atoms with Crippen molar-refractivity contribution in [2.75, 3.05) is 19.4 Å². The molecule has 1 aromatic carbocycles. The largest absolute Gasteiger partial charge is 0.434 e. The maximum Gasteiger partial charge on any atom is 0.387 e. The lowest BCUT2D eigenvalue weighted by Crippen LogP contribution is -2.26. The van der Waals surface area contributed by atoms with Crippen LogP contribution in [0.4, 0.5) is 23.2 Å². The Hall–Kier alpha value is -4.14. The van der Waals surface area contributed by atoms with Crippen LogP contribution in [0, 0.1) is 0 Å². The van der Waals surface area contributed by atoms with E-state index in [1.54, 1.807) is 12.3 Å². The summed E-state index contributed by atoms with van der Waals surface area (Å²) in [6.07, 6.45) is 5.69. The number of likely N-dealkylation sites (N-methyl/N-ethyl adjacent to an activating group) is 1. The Morgan fingerprint density at radius 1 is 1.22 bits per heavy atom. The van der Waals surface area contributed by atoms with Crippen molar-refractivity contribution in [2.45, 2.75) is 23.8 Å². The van der Waals surface area contributed by atoms with Crippen LogP contribution in [-0.2, 0) is 11.3 Å². The number of halogens is 4. The Balaban J connectivity index is 1.79. The highest BCUT2D eigenvalue weighted by molar-refractivity contribution is 7.99. The molecule has 0 aliphatic heterocycles. The van der Waals surface area contributed by atoms with Crippen molar-refractivity contribution in [1.82, 2.24) is 29.3 Å². The van der Waals surface area contributed by atoms with E-state index in [1.807, 2.05) is 0 Å². The van der Waals surface area contributed by atoms with Gasteiger partial charge < -0.3 is 15.0 Å². The predicted molar refractivity (Wildman–Crippen MR) is 126 cm³/mol. The lowest BCUT2D eigenvalue weighted by Gasteiger charge is -2.13. The monoisotopic (exact) mass is 537 g/mol. The van der Waals surface area contributed by atoms with E-state index >= 15 is 0 Å². The minimum absolute atomic E-state index is 0.0187. The van der Waals surface area contributed by atoms with Crippen molar-refractivity contribution in [3.63, 3.8) is 0 Å². The normalized spacial score (nSPS) is 11.4. The second kappa shape index (κ2) is 10.9. The zero-order valence-corrected chi connectivity index (χ0v) is 20.1. The number of nitrogens with one attached hydrogen (secondary N) is 1. The number of alkyl halides is 4. The van der Waals surface area contributed by atoms with Gasteiger partial charge in [0.25, 0.3) is 11.7 Å². The van der Waals surface area contributed by atoms with Gasteiger partial charge in [-0.05, 0) is 24.3 Å². The van der Waals surface area contributed by atoms with Crippen molar-refractivity contribution in [3.8, 4) is 17.0 Å². The molecule has 0 saturated heterocycles. The van der Waals surface area contributed by atoms with Crippen LogP contribution in [0.25, 0.3) is 16.9 Å². The van der Waals surface area contributed by atoms with E-state index in [-0.39, 0.29) is 63.0 Å². The molecular formula is C22H19F4N7O3S. The number of fused-ring (bicyclic) bond motifs is 1. The van der Waals surface area contributed by atoms with E-state index in [2.05, 4.69) is 25.2 Å². The highest BCUT2D eigenvalue weighted by atomic mass is 32.2. The lowest BCUT2D eigenvalue weighted by molar-refractivity contribution is -0.129. The minimum Gasteiger partial charge on any atom is -0.434 e. The molecule has 0 saturated carbocycles. The summed E-state index contributed by atoms with van der Waals surface area (Å²) >= 11 is 0.197. The summed E-state index contributed by atoms with van der Waals surface area (Å²) in [5.41, 5.74) is 0.223. The molecule has 3 aromatic heterocycles. The number of rotatable bonds is 9.